The highest BCUT2D eigenvalue weighted by molar-refractivity contribution is 6.04. The summed E-state index contributed by atoms with van der Waals surface area (Å²) < 4.78 is 4.95. The van der Waals surface area contributed by atoms with Gasteiger partial charge in [-0.2, -0.15) is 0 Å². The molecule has 2 radical (unpaired) electrons. The smallest absolute Gasteiger partial charge is 0.186 e. The highest BCUT2D eigenvalue weighted by Gasteiger charge is 2.09. The highest BCUT2D eigenvalue weighted by Crippen LogP contribution is 2.16. The summed E-state index contributed by atoms with van der Waals surface area (Å²) in [6.07, 6.45) is 0. The molecule has 0 amide bonds. The standard InChI is InChI=1S/C10H14BNO/c1-9(12(11)8-13-2)10-6-4-3-5-7-10/h3-7,9H,8H2,1-2H3/t9-/m0/s1. The van der Waals surface area contributed by atoms with Crippen LogP contribution in [0.15, 0.2) is 30.3 Å². The van der Waals surface area contributed by atoms with Gasteiger partial charge in [-0.25, -0.2) is 0 Å². The molecule has 0 aliphatic rings. The quantitative estimate of drug-likeness (QED) is 0.510. The van der Waals surface area contributed by atoms with Crippen LogP contribution in [0.5, 0.6) is 0 Å². The summed E-state index contributed by atoms with van der Waals surface area (Å²) in [5, 5.41) is 0. The van der Waals surface area contributed by atoms with Crippen LogP contribution in [0.3, 0.4) is 0 Å². The van der Waals surface area contributed by atoms with Gasteiger partial charge in [0.05, 0.1) is 6.73 Å². The molecule has 2 nitrogen and oxygen atoms in total. The number of hydrogen-bond donors (Lipinski definition) is 0. The number of ether oxygens (including phenoxy) is 1. The van der Waals surface area contributed by atoms with Crippen LogP contribution >= 0.6 is 0 Å². The third kappa shape index (κ3) is 2.86. The van der Waals surface area contributed by atoms with Crippen molar-refractivity contribution in [1.29, 1.82) is 0 Å². The lowest BCUT2D eigenvalue weighted by molar-refractivity contribution is 0.0993. The molecule has 68 valence electrons. The van der Waals surface area contributed by atoms with E-state index in [0.717, 1.165) is 0 Å². The summed E-state index contributed by atoms with van der Waals surface area (Å²) in [5.74, 6) is 0. The van der Waals surface area contributed by atoms with Gasteiger partial charge in [0.25, 0.3) is 0 Å². The summed E-state index contributed by atoms with van der Waals surface area (Å²) in [6, 6.07) is 10.3. The number of rotatable bonds is 4. The second-order valence-corrected chi connectivity index (χ2v) is 3.02. The maximum absolute atomic E-state index is 5.77. The Morgan fingerprint density at radius 1 is 1.38 bits per heavy atom. The third-order valence-corrected chi connectivity index (χ3v) is 2.06. The van der Waals surface area contributed by atoms with Crippen molar-refractivity contribution in [2.75, 3.05) is 13.8 Å². The molecule has 13 heavy (non-hydrogen) atoms. The van der Waals surface area contributed by atoms with Gasteiger partial charge in [-0.15, -0.1) is 0 Å². The zero-order chi connectivity index (χ0) is 9.68. The van der Waals surface area contributed by atoms with Crippen molar-refractivity contribution >= 4 is 7.98 Å². The van der Waals surface area contributed by atoms with E-state index in [0.29, 0.717) is 6.73 Å². The SMILES string of the molecule is [B]N(COC)[C@@H](C)c1ccccc1. The molecule has 0 saturated carbocycles. The van der Waals surface area contributed by atoms with Gasteiger partial charge < -0.3 is 9.55 Å². The first-order valence-corrected chi connectivity index (χ1v) is 4.31. The fourth-order valence-electron chi connectivity index (χ4n) is 1.18. The first kappa shape index (κ1) is 10.3. The molecule has 0 bridgehead atoms. The molecule has 0 spiro atoms. The second kappa shape index (κ2) is 5.05. The van der Waals surface area contributed by atoms with Crippen LogP contribution in [-0.2, 0) is 4.74 Å². The van der Waals surface area contributed by atoms with E-state index in [2.05, 4.69) is 12.1 Å². The first-order valence-electron chi connectivity index (χ1n) is 4.31. The molecular formula is C10H14BNO. The van der Waals surface area contributed by atoms with Crippen molar-refractivity contribution in [3.05, 3.63) is 35.9 Å². The highest BCUT2D eigenvalue weighted by atomic mass is 16.5. The maximum atomic E-state index is 5.77. The fraction of sp³-hybridized carbons (Fsp3) is 0.400. The Hall–Kier alpha value is -0.795. The van der Waals surface area contributed by atoms with Crippen LogP contribution in [0, 0.1) is 0 Å². The van der Waals surface area contributed by atoms with E-state index in [1.807, 2.05) is 25.1 Å². The Morgan fingerprint density at radius 2 is 2.00 bits per heavy atom. The largest absolute Gasteiger partial charge is 0.370 e. The lowest BCUT2D eigenvalue weighted by Crippen LogP contribution is -2.26. The van der Waals surface area contributed by atoms with Crippen LogP contribution in [0.25, 0.3) is 0 Å². The summed E-state index contributed by atoms with van der Waals surface area (Å²) in [7, 11) is 7.40. The van der Waals surface area contributed by atoms with E-state index in [1.165, 1.54) is 5.56 Å². The average Bonchev–Trinajstić information content (AvgIpc) is 2.18. The number of nitrogens with zero attached hydrogens (tertiary/aromatic N) is 1. The minimum Gasteiger partial charge on any atom is -0.370 e. The van der Waals surface area contributed by atoms with Crippen molar-refractivity contribution in [2.45, 2.75) is 13.0 Å². The Morgan fingerprint density at radius 3 is 2.54 bits per heavy atom. The summed E-state index contributed by atoms with van der Waals surface area (Å²) in [4.78, 5) is 1.66. The molecule has 1 aromatic carbocycles. The van der Waals surface area contributed by atoms with Crippen molar-refractivity contribution in [3.8, 4) is 0 Å². The molecule has 0 saturated heterocycles. The van der Waals surface area contributed by atoms with E-state index >= 15 is 0 Å². The predicted octanol–water partition coefficient (Wildman–Crippen LogP) is 1.74. The fourth-order valence-corrected chi connectivity index (χ4v) is 1.18. The number of benzene rings is 1. The molecule has 0 fully saturated rings. The van der Waals surface area contributed by atoms with Gasteiger partial charge in [0.2, 0.25) is 0 Å². The number of methoxy groups -OCH3 is 1. The second-order valence-electron chi connectivity index (χ2n) is 3.02. The van der Waals surface area contributed by atoms with Gasteiger partial charge in [0.15, 0.2) is 7.98 Å². The normalized spacial score (nSPS) is 13.2. The first-order chi connectivity index (χ1) is 6.25. The molecule has 0 aliphatic heterocycles. The van der Waals surface area contributed by atoms with Crippen LogP contribution < -0.4 is 0 Å². The van der Waals surface area contributed by atoms with E-state index < -0.39 is 0 Å². The van der Waals surface area contributed by atoms with Crippen LogP contribution in [0.1, 0.15) is 18.5 Å². The van der Waals surface area contributed by atoms with Gasteiger partial charge in [0.1, 0.15) is 0 Å². The Kier molecular flexibility index (Phi) is 3.99. The third-order valence-electron chi connectivity index (χ3n) is 2.06. The minimum absolute atomic E-state index is 0.182. The molecule has 0 unspecified atom stereocenters. The van der Waals surface area contributed by atoms with Gasteiger partial charge in [-0.3, -0.25) is 0 Å². The van der Waals surface area contributed by atoms with Crippen molar-refractivity contribution in [3.63, 3.8) is 0 Å². The lowest BCUT2D eigenvalue weighted by Gasteiger charge is -2.24. The number of hydrogen-bond acceptors (Lipinski definition) is 2. The van der Waals surface area contributed by atoms with Gasteiger partial charge in [0, 0.05) is 13.2 Å². The van der Waals surface area contributed by atoms with Crippen molar-refractivity contribution in [1.82, 2.24) is 4.81 Å². The van der Waals surface area contributed by atoms with Crippen molar-refractivity contribution in [2.24, 2.45) is 0 Å². The molecule has 1 aromatic rings. The Labute approximate surface area is 80.9 Å². The molecule has 1 atom stereocenters. The lowest BCUT2D eigenvalue weighted by atomic mass is 10.1. The van der Waals surface area contributed by atoms with Gasteiger partial charge >= 0.3 is 0 Å². The average molecular weight is 175 g/mol. The topological polar surface area (TPSA) is 12.5 Å². The predicted molar refractivity (Wildman–Crippen MR) is 54.3 cm³/mol. The van der Waals surface area contributed by atoms with Gasteiger partial charge in [-0.05, 0) is 12.5 Å². The van der Waals surface area contributed by atoms with Crippen LogP contribution in [0.4, 0.5) is 0 Å². The molecule has 0 N–H and O–H groups in total. The Bertz CT molecular complexity index is 240. The zero-order valence-electron chi connectivity index (χ0n) is 8.10. The monoisotopic (exact) mass is 175 g/mol. The minimum atomic E-state index is 0.182. The van der Waals surface area contributed by atoms with E-state index in [1.54, 1.807) is 11.9 Å². The van der Waals surface area contributed by atoms with E-state index in [9.17, 15) is 0 Å². The molecule has 0 heterocycles. The van der Waals surface area contributed by atoms with E-state index in [4.69, 9.17) is 12.7 Å². The zero-order valence-corrected chi connectivity index (χ0v) is 8.10. The summed E-state index contributed by atoms with van der Waals surface area (Å²) in [6.45, 7) is 2.49. The summed E-state index contributed by atoms with van der Waals surface area (Å²) in [5.41, 5.74) is 1.20. The maximum Gasteiger partial charge on any atom is 0.186 e. The van der Waals surface area contributed by atoms with E-state index in [-0.39, 0.29) is 6.04 Å². The van der Waals surface area contributed by atoms with Crippen LogP contribution in [0.2, 0.25) is 0 Å². The molecule has 1 rings (SSSR count). The molecule has 0 aromatic heterocycles. The Balaban J connectivity index is 2.62. The van der Waals surface area contributed by atoms with Gasteiger partial charge in [-0.1, -0.05) is 30.3 Å². The molecular weight excluding hydrogens is 161 g/mol. The summed E-state index contributed by atoms with van der Waals surface area (Å²) >= 11 is 0. The molecule has 3 heteroatoms. The van der Waals surface area contributed by atoms with Crippen LogP contribution in [-0.4, -0.2) is 26.6 Å². The van der Waals surface area contributed by atoms with Crippen molar-refractivity contribution < 1.29 is 4.74 Å². The molecule has 0 aliphatic carbocycles.